The van der Waals surface area contributed by atoms with Gasteiger partial charge in [-0.05, 0) is 6.92 Å². The zero-order valence-corrected chi connectivity index (χ0v) is 5.30. The highest BCUT2D eigenvalue weighted by molar-refractivity contribution is 5.65. The topological polar surface area (TPSA) is 35.5 Å². The van der Waals surface area contributed by atoms with Gasteiger partial charge in [-0.2, -0.15) is 0 Å². The molecule has 0 aliphatic carbocycles. The summed E-state index contributed by atoms with van der Waals surface area (Å²) in [5, 5.41) is 0. The van der Waals surface area contributed by atoms with Crippen molar-refractivity contribution in [2.45, 2.75) is 20.1 Å². The maximum Gasteiger partial charge on any atom is 0.304 e. The van der Waals surface area contributed by atoms with Crippen molar-refractivity contribution in [3.8, 4) is 0 Å². The summed E-state index contributed by atoms with van der Waals surface area (Å²) >= 11 is 0. The van der Waals surface area contributed by atoms with E-state index < -0.39 is 6.29 Å². The molecule has 8 heavy (non-hydrogen) atoms. The lowest BCUT2D eigenvalue weighted by Crippen LogP contribution is -2.13. The predicted molar refractivity (Wildman–Crippen MR) is 28.2 cm³/mol. The summed E-state index contributed by atoms with van der Waals surface area (Å²) in [6.07, 6.45) is -0.424. The summed E-state index contributed by atoms with van der Waals surface area (Å²) < 4.78 is 9.16. The average Bonchev–Trinajstić information content (AvgIpc) is 1.65. The minimum absolute atomic E-state index is 0.320. The van der Waals surface area contributed by atoms with Crippen LogP contribution >= 0.6 is 0 Å². The summed E-state index contributed by atoms with van der Waals surface area (Å²) in [7, 11) is 1.48. The minimum atomic E-state index is -0.424. The molecule has 0 unspecified atom stereocenters. The van der Waals surface area contributed by atoms with E-state index in [1.807, 2.05) is 0 Å². The van der Waals surface area contributed by atoms with Gasteiger partial charge in [-0.25, -0.2) is 0 Å². The number of esters is 1. The van der Waals surface area contributed by atoms with Crippen LogP contribution in [0.5, 0.6) is 0 Å². The van der Waals surface area contributed by atoms with Crippen molar-refractivity contribution in [2.75, 3.05) is 7.11 Å². The fourth-order valence-electron chi connectivity index (χ4n) is 0.282. The van der Waals surface area contributed by atoms with Gasteiger partial charge in [0.15, 0.2) is 6.29 Å². The van der Waals surface area contributed by atoms with Gasteiger partial charge >= 0.3 is 5.97 Å². The van der Waals surface area contributed by atoms with Crippen molar-refractivity contribution in [1.82, 2.24) is 0 Å². The molecular formula is C5H10O3. The fourth-order valence-corrected chi connectivity index (χ4v) is 0.282. The molecule has 0 saturated heterocycles. The van der Waals surface area contributed by atoms with Crippen LogP contribution in [-0.2, 0) is 14.3 Å². The zero-order chi connectivity index (χ0) is 6.57. The van der Waals surface area contributed by atoms with Gasteiger partial charge in [0.25, 0.3) is 0 Å². The first-order chi connectivity index (χ1) is 3.66. The Balaban J connectivity index is 3.24. The van der Waals surface area contributed by atoms with Crippen LogP contribution in [0.1, 0.15) is 13.8 Å². The molecule has 3 heteroatoms. The van der Waals surface area contributed by atoms with Crippen molar-refractivity contribution in [2.24, 2.45) is 0 Å². The smallest absolute Gasteiger partial charge is 0.304 e. The molecule has 3 nitrogen and oxygen atoms in total. The quantitative estimate of drug-likeness (QED) is 0.392. The van der Waals surface area contributed by atoms with Crippen LogP contribution in [0.3, 0.4) is 0 Å². The zero-order valence-electron chi connectivity index (χ0n) is 5.30. The molecule has 0 aliphatic heterocycles. The van der Waals surface area contributed by atoms with Gasteiger partial charge < -0.3 is 9.47 Å². The first kappa shape index (κ1) is 7.43. The SMILES string of the molecule is CO[C@@H](C)OC(C)=O. The predicted octanol–water partition coefficient (Wildman–Crippen LogP) is 0.542. The van der Waals surface area contributed by atoms with Crippen LogP contribution in [0.15, 0.2) is 0 Å². The number of rotatable bonds is 2. The van der Waals surface area contributed by atoms with Gasteiger partial charge in [0.1, 0.15) is 0 Å². The number of hydrogen-bond donors (Lipinski definition) is 0. The molecule has 0 aliphatic rings. The first-order valence-corrected chi connectivity index (χ1v) is 2.37. The lowest BCUT2D eigenvalue weighted by atomic mass is 10.7. The molecule has 0 spiro atoms. The van der Waals surface area contributed by atoms with Crippen molar-refractivity contribution < 1.29 is 14.3 Å². The van der Waals surface area contributed by atoms with E-state index in [0.29, 0.717) is 0 Å². The summed E-state index contributed by atoms with van der Waals surface area (Å²) in [4.78, 5) is 10.1. The van der Waals surface area contributed by atoms with Crippen molar-refractivity contribution in [3.05, 3.63) is 0 Å². The Bertz CT molecular complexity index is 79.7. The highest BCUT2D eigenvalue weighted by atomic mass is 16.7. The van der Waals surface area contributed by atoms with Gasteiger partial charge in [-0.3, -0.25) is 4.79 Å². The molecule has 0 bridgehead atoms. The Hall–Kier alpha value is -0.570. The molecule has 1 atom stereocenters. The van der Waals surface area contributed by atoms with Crippen LogP contribution < -0.4 is 0 Å². The third kappa shape index (κ3) is 3.61. The van der Waals surface area contributed by atoms with Crippen molar-refractivity contribution in [3.63, 3.8) is 0 Å². The summed E-state index contributed by atoms with van der Waals surface area (Å²) in [6.45, 7) is 3.00. The Morgan fingerprint density at radius 2 is 2.12 bits per heavy atom. The Morgan fingerprint density at radius 1 is 1.62 bits per heavy atom. The molecule has 0 radical (unpaired) electrons. The number of carbonyl (C=O) groups is 1. The molecule has 0 saturated carbocycles. The Kier molecular flexibility index (Phi) is 3.19. The molecule has 0 aromatic rings. The van der Waals surface area contributed by atoms with Crippen molar-refractivity contribution in [1.29, 1.82) is 0 Å². The maximum absolute atomic E-state index is 10.1. The van der Waals surface area contributed by atoms with Gasteiger partial charge in [0.2, 0.25) is 0 Å². The molecular weight excluding hydrogens is 108 g/mol. The molecule has 0 N–H and O–H groups in total. The third-order valence-corrected chi connectivity index (χ3v) is 0.664. The number of carbonyl (C=O) groups excluding carboxylic acids is 1. The fraction of sp³-hybridized carbons (Fsp3) is 0.800. The highest BCUT2D eigenvalue weighted by Crippen LogP contribution is 1.89. The largest absolute Gasteiger partial charge is 0.436 e. The Labute approximate surface area is 48.6 Å². The normalized spacial score (nSPS) is 12.9. The lowest BCUT2D eigenvalue weighted by molar-refractivity contribution is -0.166. The molecule has 0 amide bonds. The number of hydrogen-bond acceptors (Lipinski definition) is 3. The molecule has 0 fully saturated rings. The van der Waals surface area contributed by atoms with E-state index in [4.69, 9.17) is 0 Å². The molecule has 48 valence electrons. The summed E-state index contributed by atoms with van der Waals surface area (Å²) in [6, 6.07) is 0. The Morgan fingerprint density at radius 3 is 2.25 bits per heavy atom. The third-order valence-electron chi connectivity index (χ3n) is 0.664. The first-order valence-electron chi connectivity index (χ1n) is 2.37. The molecule has 0 aromatic heterocycles. The van der Waals surface area contributed by atoms with Crippen LogP contribution in [0, 0.1) is 0 Å². The van der Waals surface area contributed by atoms with Gasteiger partial charge in [-0.1, -0.05) is 0 Å². The molecule has 0 heterocycles. The van der Waals surface area contributed by atoms with Gasteiger partial charge in [0.05, 0.1) is 0 Å². The van der Waals surface area contributed by atoms with Crippen LogP contribution in [0.4, 0.5) is 0 Å². The number of methoxy groups -OCH3 is 1. The molecule has 0 aromatic carbocycles. The second-order valence-electron chi connectivity index (χ2n) is 1.41. The van der Waals surface area contributed by atoms with E-state index in [0.717, 1.165) is 0 Å². The van der Waals surface area contributed by atoms with Gasteiger partial charge in [0, 0.05) is 14.0 Å². The van der Waals surface area contributed by atoms with Crippen LogP contribution in [-0.4, -0.2) is 19.4 Å². The van der Waals surface area contributed by atoms with Crippen LogP contribution in [0.2, 0.25) is 0 Å². The van der Waals surface area contributed by atoms with Gasteiger partial charge in [-0.15, -0.1) is 0 Å². The van der Waals surface area contributed by atoms with E-state index in [-0.39, 0.29) is 5.97 Å². The molecule has 0 rings (SSSR count). The standard InChI is InChI=1S/C5H10O3/c1-4(6)8-5(2)7-3/h5H,1-3H3/t5-/m1/s1. The second kappa shape index (κ2) is 3.43. The van der Waals surface area contributed by atoms with Crippen LogP contribution in [0.25, 0.3) is 0 Å². The minimum Gasteiger partial charge on any atom is -0.436 e. The summed E-state index contributed by atoms with van der Waals surface area (Å²) in [5.41, 5.74) is 0. The van der Waals surface area contributed by atoms with E-state index in [2.05, 4.69) is 9.47 Å². The monoisotopic (exact) mass is 118 g/mol. The van der Waals surface area contributed by atoms with E-state index >= 15 is 0 Å². The van der Waals surface area contributed by atoms with E-state index in [1.54, 1.807) is 6.92 Å². The second-order valence-corrected chi connectivity index (χ2v) is 1.41. The number of ether oxygens (including phenoxy) is 2. The lowest BCUT2D eigenvalue weighted by Gasteiger charge is -2.07. The summed E-state index contributed by atoms with van der Waals surface area (Å²) in [5.74, 6) is -0.320. The van der Waals surface area contributed by atoms with E-state index in [1.165, 1.54) is 14.0 Å². The van der Waals surface area contributed by atoms with E-state index in [9.17, 15) is 4.79 Å². The maximum atomic E-state index is 10.1. The average molecular weight is 118 g/mol. The van der Waals surface area contributed by atoms with Crippen molar-refractivity contribution >= 4 is 5.97 Å². The highest BCUT2D eigenvalue weighted by Gasteiger charge is 1.99.